The smallest absolute Gasteiger partial charge is 0.307 e. The van der Waals surface area contributed by atoms with Crippen molar-refractivity contribution in [1.82, 2.24) is 10.6 Å². The first-order valence-electron chi connectivity index (χ1n) is 6.30. The molecule has 0 atom stereocenters. The summed E-state index contributed by atoms with van der Waals surface area (Å²) in [7, 11) is 3.15. The second-order valence-corrected chi connectivity index (χ2v) is 4.30. The van der Waals surface area contributed by atoms with Crippen LogP contribution in [-0.4, -0.2) is 38.7 Å². The van der Waals surface area contributed by atoms with E-state index in [9.17, 15) is 4.79 Å². The van der Waals surface area contributed by atoms with Crippen LogP contribution in [0.3, 0.4) is 0 Å². The highest BCUT2D eigenvalue weighted by Crippen LogP contribution is 2.17. The molecule has 0 aromatic carbocycles. The number of rotatable bonds is 4. The summed E-state index contributed by atoms with van der Waals surface area (Å²) in [6, 6.07) is 0.521. The monoisotopic (exact) mass is 241 g/mol. The Labute approximate surface area is 103 Å². The zero-order valence-corrected chi connectivity index (χ0v) is 10.8. The minimum absolute atomic E-state index is 0.203. The van der Waals surface area contributed by atoms with Gasteiger partial charge in [0.25, 0.3) is 0 Å². The zero-order valence-electron chi connectivity index (χ0n) is 10.8. The van der Waals surface area contributed by atoms with Gasteiger partial charge in [0.1, 0.15) is 0 Å². The van der Waals surface area contributed by atoms with Gasteiger partial charge in [0.15, 0.2) is 5.96 Å². The van der Waals surface area contributed by atoms with Crippen molar-refractivity contribution in [3.63, 3.8) is 0 Å². The predicted molar refractivity (Wildman–Crippen MR) is 68.0 cm³/mol. The minimum atomic E-state index is -0.203. The van der Waals surface area contributed by atoms with E-state index in [4.69, 9.17) is 0 Å². The molecule has 1 saturated carbocycles. The second-order valence-electron chi connectivity index (χ2n) is 4.30. The topological polar surface area (TPSA) is 62.7 Å². The van der Waals surface area contributed by atoms with E-state index in [2.05, 4.69) is 20.4 Å². The molecule has 0 saturated heterocycles. The molecule has 98 valence electrons. The van der Waals surface area contributed by atoms with Crippen molar-refractivity contribution >= 4 is 11.9 Å². The van der Waals surface area contributed by atoms with Gasteiger partial charge in [0.2, 0.25) is 0 Å². The summed E-state index contributed by atoms with van der Waals surface area (Å²) >= 11 is 0. The number of nitrogens with zero attached hydrogens (tertiary/aromatic N) is 1. The number of ether oxygens (including phenoxy) is 1. The van der Waals surface area contributed by atoms with Gasteiger partial charge in [-0.05, 0) is 12.8 Å². The lowest BCUT2D eigenvalue weighted by atomic mass is 9.96. The van der Waals surface area contributed by atoms with Crippen LogP contribution in [0.15, 0.2) is 4.99 Å². The minimum Gasteiger partial charge on any atom is -0.469 e. The first-order valence-corrected chi connectivity index (χ1v) is 6.30. The average Bonchev–Trinajstić information content (AvgIpc) is 2.38. The summed E-state index contributed by atoms with van der Waals surface area (Å²) in [6.07, 6.45) is 6.69. The number of carbonyl (C=O) groups excluding carboxylic acids is 1. The maximum absolute atomic E-state index is 10.9. The fourth-order valence-electron chi connectivity index (χ4n) is 2.02. The van der Waals surface area contributed by atoms with Crippen LogP contribution in [0.2, 0.25) is 0 Å². The summed E-state index contributed by atoms with van der Waals surface area (Å²) in [6.45, 7) is 0.555. The van der Waals surface area contributed by atoms with Gasteiger partial charge in [-0.3, -0.25) is 9.79 Å². The van der Waals surface area contributed by atoms with Crippen LogP contribution in [0.4, 0.5) is 0 Å². The number of methoxy groups -OCH3 is 1. The molecule has 0 unspecified atom stereocenters. The Balaban J connectivity index is 2.21. The Bertz CT molecular complexity index is 260. The lowest BCUT2D eigenvalue weighted by Crippen LogP contribution is -2.44. The molecular formula is C12H23N3O2. The highest BCUT2D eigenvalue weighted by molar-refractivity contribution is 5.80. The SMILES string of the molecule is CN=C(NCCC(=O)OC)NC1CCCCC1. The van der Waals surface area contributed by atoms with E-state index in [1.807, 2.05) is 0 Å². The van der Waals surface area contributed by atoms with E-state index in [1.54, 1.807) is 7.05 Å². The fraction of sp³-hybridized carbons (Fsp3) is 0.833. The van der Waals surface area contributed by atoms with Gasteiger partial charge in [-0.15, -0.1) is 0 Å². The van der Waals surface area contributed by atoms with E-state index < -0.39 is 0 Å². The molecule has 1 rings (SSSR count). The van der Waals surface area contributed by atoms with Crippen molar-refractivity contribution in [2.75, 3.05) is 20.7 Å². The van der Waals surface area contributed by atoms with Gasteiger partial charge in [0.05, 0.1) is 13.5 Å². The summed E-state index contributed by atoms with van der Waals surface area (Å²) in [5.74, 6) is 0.575. The number of hydrogen-bond donors (Lipinski definition) is 2. The van der Waals surface area contributed by atoms with Crippen molar-refractivity contribution in [3.05, 3.63) is 0 Å². The molecule has 0 aliphatic heterocycles. The largest absolute Gasteiger partial charge is 0.469 e. The lowest BCUT2D eigenvalue weighted by molar-refractivity contribution is -0.140. The molecule has 5 heteroatoms. The molecule has 0 heterocycles. The maximum Gasteiger partial charge on any atom is 0.307 e. The van der Waals surface area contributed by atoms with Crippen LogP contribution in [0.1, 0.15) is 38.5 Å². The van der Waals surface area contributed by atoms with Crippen LogP contribution < -0.4 is 10.6 Å². The molecule has 0 aromatic heterocycles. The summed E-state index contributed by atoms with van der Waals surface area (Å²) in [5.41, 5.74) is 0. The number of aliphatic imine (C=N–C) groups is 1. The third-order valence-corrected chi connectivity index (χ3v) is 3.02. The van der Waals surface area contributed by atoms with E-state index in [1.165, 1.54) is 39.2 Å². The lowest BCUT2D eigenvalue weighted by Gasteiger charge is -2.24. The molecule has 0 bridgehead atoms. The van der Waals surface area contributed by atoms with Gasteiger partial charge in [-0.25, -0.2) is 0 Å². The normalized spacial score (nSPS) is 17.6. The van der Waals surface area contributed by atoms with Crippen molar-refractivity contribution in [2.45, 2.75) is 44.6 Å². The molecule has 1 aliphatic carbocycles. The van der Waals surface area contributed by atoms with E-state index in [0.717, 1.165) is 5.96 Å². The number of hydrogen-bond acceptors (Lipinski definition) is 3. The summed E-state index contributed by atoms with van der Waals surface area (Å²) in [5, 5.41) is 6.50. The first kappa shape index (κ1) is 13.8. The fourth-order valence-corrected chi connectivity index (χ4v) is 2.02. The summed E-state index contributed by atoms with van der Waals surface area (Å²) in [4.78, 5) is 15.1. The number of nitrogens with one attached hydrogen (secondary N) is 2. The number of esters is 1. The predicted octanol–water partition coefficient (Wildman–Crippen LogP) is 1.05. The van der Waals surface area contributed by atoms with Gasteiger partial charge >= 0.3 is 5.97 Å². The van der Waals surface area contributed by atoms with Crippen LogP contribution in [0.5, 0.6) is 0 Å². The van der Waals surface area contributed by atoms with Crippen molar-refractivity contribution in [1.29, 1.82) is 0 Å². The molecule has 0 spiro atoms. The molecule has 0 radical (unpaired) electrons. The molecule has 0 amide bonds. The third kappa shape index (κ3) is 5.56. The van der Waals surface area contributed by atoms with Gasteiger partial charge in [-0.1, -0.05) is 19.3 Å². The third-order valence-electron chi connectivity index (χ3n) is 3.02. The van der Waals surface area contributed by atoms with Crippen molar-refractivity contribution in [2.24, 2.45) is 4.99 Å². The standard InChI is InChI=1S/C12H23N3O2/c1-13-12(14-9-8-11(16)17-2)15-10-6-4-3-5-7-10/h10H,3-9H2,1-2H3,(H2,13,14,15). The Morgan fingerprint density at radius 2 is 2.06 bits per heavy atom. The Kier molecular flexibility index (Phi) is 6.43. The Morgan fingerprint density at radius 3 is 2.65 bits per heavy atom. The van der Waals surface area contributed by atoms with Crippen molar-refractivity contribution in [3.8, 4) is 0 Å². The van der Waals surface area contributed by atoms with Gasteiger partial charge < -0.3 is 15.4 Å². The van der Waals surface area contributed by atoms with Crippen LogP contribution in [0, 0.1) is 0 Å². The highest BCUT2D eigenvalue weighted by Gasteiger charge is 2.14. The molecule has 1 aliphatic rings. The van der Waals surface area contributed by atoms with Crippen LogP contribution >= 0.6 is 0 Å². The number of guanidine groups is 1. The summed E-state index contributed by atoms with van der Waals surface area (Å²) < 4.78 is 4.58. The molecule has 17 heavy (non-hydrogen) atoms. The maximum atomic E-state index is 10.9. The number of carbonyl (C=O) groups is 1. The molecular weight excluding hydrogens is 218 g/mol. The molecule has 5 nitrogen and oxygen atoms in total. The zero-order chi connectivity index (χ0) is 12.5. The van der Waals surface area contributed by atoms with E-state index in [0.29, 0.717) is 19.0 Å². The first-order chi connectivity index (χ1) is 8.26. The van der Waals surface area contributed by atoms with E-state index >= 15 is 0 Å². The molecule has 0 aromatic rings. The quantitative estimate of drug-likeness (QED) is 0.439. The molecule has 2 N–H and O–H groups in total. The van der Waals surface area contributed by atoms with Crippen molar-refractivity contribution < 1.29 is 9.53 Å². The Morgan fingerprint density at radius 1 is 1.35 bits per heavy atom. The van der Waals surface area contributed by atoms with E-state index in [-0.39, 0.29) is 5.97 Å². The van der Waals surface area contributed by atoms with Crippen LogP contribution in [0.25, 0.3) is 0 Å². The average molecular weight is 241 g/mol. The van der Waals surface area contributed by atoms with Crippen LogP contribution in [-0.2, 0) is 9.53 Å². The second kappa shape index (κ2) is 7.92. The highest BCUT2D eigenvalue weighted by atomic mass is 16.5. The molecule has 1 fully saturated rings. The van der Waals surface area contributed by atoms with Gasteiger partial charge in [-0.2, -0.15) is 0 Å². The Hall–Kier alpha value is -1.26. The van der Waals surface area contributed by atoms with Gasteiger partial charge in [0, 0.05) is 19.6 Å².